The molecule has 0 bridgehead atoms. The largest absolute Gasteiger partial charge is 0.268 e. The summed E-state index contributed by atoms with van der Waals surface area (Å²) in [5, 5.41) is 4.06. The van der Waals surface area contributed by atoms with Crippen molar-refractivity contribution < 1.29 is 8.42 Å². The molecule has 1 aromatic heterocycles. The molecule has 0 radical (unpaired) electrons. The average Bonchev–Trinajstić information content (AvgIpc) is 2.50. The highest BCUT2D eigenvalue weighted by molar-refractivity contribution is 7.89. The fourth-order valence-electron chi connectivity index (χ4n) is 1.98. The number of rotatable bonds is 6. The Balaban J connectivity index is 2.03. The van der Waals surface area contributed by atoms with Gasteiger partial charge in [-0.1, -0.05) is 19.1 Å². The highest BCUT2D eigenvalue weighted by Gasteiger charge is 2.13. The molecule has 7 heteroatoms. The summed E-state index contributed by atoms with van der Waals surface area (Å²) in [6.07, 6.45) is 0.857. The predicted molar refractivity (Wildman–Crippen MR) is 84.2 cm³/mol. The van der Waals surface area contributed by atoms with E-state index in [1.54, 1.807) is 37.3 Å². The van der Waals surface area contributed by atoms with Crippen molar-refractivity contribution in [2.45, 2.75) is 31.7 Å². The summed E-state index contributed by atoms with van der Waals surface area (Å²) >= 11 is 0. The summed E-state index contributed by atoms with van der Waals surface area (Å²) in [4.78, 5) is 11.8. The summed E-state index contributed by atoms with van der Waals surface area (Å²) in [7, 11) is -3.57. The monoisotopic (exact) mass is 321 g/mol. The zero-order valence-corrected chi connectivity index (χ0v) is 13.4. The third-order valence-corrected chi connectivity index (χ3v) is 4.73. The van der Waals surface area contributed by atoms with Crippen LogP contribution in [-0.4, -0.2) is 24.7 Å². The molecule has 0 aliphatic carbocycles. The maximum absolute atomic E-state index is 12.2. The van der Waals surface area contributed by atoms with Crippen LogP contribution in [-0.2, 0) is 23.0 Å². The van der Waals surface area contributed by atoms with Crippen molar-refractivity contribution in [2.75, 3.05) is 6.54 Å². The molecular weight excluding hydrogens is 302 g/mol. The molecule has 0 saturated carbocycles. The van der Waals surface area contributed by atoms with E-state index in [9.17, 15) is 13.2 Å². The first kappa shape index (κ1) is 16.4. The van der Waals surface area contributed by atoms with Crippen LogP contribution in [0, 0.1) is 6.92 Å². The Kier molecular flexibility index (Phi) is 5.10. The molecule has 2 rings (SSSR count). The van der Waals surface area contributed by atoms with Crippen LogP contribution in [0.3, 0.4) is 0 Å². The Bertz CT molecular complexity index is 796. The maximum Gasteiger partial charge on any atom is 0.266 e. The van der Waals surface area contributed by atoms with Gasteiger partial charge < -0.3 is 0 Å². The van der Waals surface area contributed by atoms with Crippen molar-refractivity contribution in [2.24, 2.45) is 0 Å². The van der Waals surface area contributed by atoms with Gasteiger partial charge in [0, 0.05) is 12.6 Å². The van der Waals surface area contributed by atoms with Crippen molar-refractivity contribution in [3.63, 3.8) is 0 Å². The van der Waals surface area contributed by atoms with E-state index in [2.05, 4.69) is 9.82 Å². The number of hydrogen-bond acceptors (Lipinski definition) is 4. The van der Waals surface area contributed by atoms with Crippen molar-refractivity contribution in [3.05, 3.63) is 58.0 Å². The van der Waals surface area contributed by atoms with E-state index < -0.39 is 10.0 Å². The maximum atomic E-state index is 12.2. The molecule has 0 atom stereocenters. The van der Waals surface area contributed by atoms with Crippen LogP contribution in [0.25, 0.3) is 0 Å². The lowest BCUT2D eigenvalue weighted by Gasteiger charge is -2.08. The van der Waals surface area contributed by atoms with Crippen LogP contribution in [0.5, 0.6) is 0 Å². The molecule has 0 unspecified atom stereocenters. The van der Waals surface area contributed by atoms with E-state index in [1.165, 1.54) is 10.7 Å². The molecule has 0 amide bonds. The Labute approximate surface area is 129 Å². The first-order chi connectivity index (χ1) is 10.4. The molecule has 118 valence electrons. The van der Waals surface area contributed by atoms with Crippen LogP contribution in [0.2, 0.25) is 0 Å². The molecule has 0 saturated heterocycles. The van der Waals surface area contributed by atoms with Crippen LogP contribution in [0.1, 0.15) is 18.2 Å². The number of sulfonamides is 1. The third kappa shape index (κ3) is 4.02. The first-order valence-electron chi connectivity index (χ1n) is 7.06. The molecule has 1 aromatic carbocycles. The van der Waals surface area contributed by atoms with Crippen LogP contribution in [0.15, 0.2) is 46.1 Å². The normalized spacial score (nSPS) is 11.5. The van der Waals surface area contributed by atoms with Gasteiger partial charge in [-0.25, -0.2) is 17.8 Å². The molecule has 22 heavy (non-hydrogen) atoms. The number of hydrogen-bond donors (Lipinski definition) is 1. The van der Waals surface area contributed by atoms with E-state index in [-0.39, 0.29) is 23.5 Å². The summed E-state index contributed by atoms with van der Waals surface area (Å²) in [6.45, 7) is 4.07. The molecule has 2 aromatic rings. The van der Waals surface area contributed by atoms with Gasteiger partial charge in [0.05, 0.1) is 17.1 Å². The van der Waals surface area contributed by atoms with Crippen molar-refractivity contribution in [1.82, 2.24) is 14.5 Å². The standard InChI is InChI=1S/C15H19N3O3S/c1-3-13-5-7-14(8-6-13)22(20,21)16-10-11-18-15(19)9-4-12(2)17-18/h4-9,16H,3,10-11H2,1-2H3. The quantitative estimate of drug-likeness (QED) is 0.863. The second-order valence-corrected chi connectivity index (χ2v) is 6.70. The Morgan fingerprint density at radius 2 is 1.82 bits per heavy atom. The summed E-state index contributed by atoms with van der Waals surface area (Å²) in [5.74, 6) is 0. The topological polar surface area (TPSA) is 81.1 Å². The van der Waals surface area contributed by atoms with Crippen molar-refractivity contribution >= 4 is 10.0 Å². The van der Waals surface area contributed by atoms with Gasteiger partial charge in [-0.15, -0.1) is 0 Å². The lowest BCUT2D eigenvalue weighted by atomic mass is 10.2. The first-order valence-corrected chi connectivity index (χ1v) is 8.54. The van der Waals surface area contributed by atoms with Gasteiger partial charge in [-0.05, 0) is 37.1 Å². The highest BCUT2D eigenvalue weighted by Crippen LogP contribution is 2.10. The zero-order chi connectivity index (χ0) is 16.2. The van der Waals surface area contributed by atoms with Crippen molar-refractivity contribution in [3.8, 4) is 0 Å². The summed E-state index contributed by atoms with van der Waals surface area (Å²) in [5.41, 5.74) is 1.53. The van der Waals surface area contributed by atoms with Crippen LogP contribution < -0.4 is 10.3 Å². The van der Waals surface area contributed by atoms with E-state index in [0.29, 0.717) is 5.69 Å². The average molecular weight is 321 g/mol. The minimum Gasteiger partial charge on any atom is -0.268 e. The molecule has 0 aliphatic heterocycles. The predicted octanol–water partition coefficient (Wildman–Crippen LogP) is 1.09. The van der Waals surface area contributed by atoms with Gasteiger partial charge in [0.15, 0.2) is 0 Å². The lowest BCUT2D eigenvalue weighted by molar-refractivity contribution is 0.544. The summed E-state index contributed by atoms with van der Waals surface area (Å²) in [6, 6.07) is 9.79. The molecule has 0 fully saturated rings. The van der Waals surface area contributed by atoms with Crippen LogP contribution in [0.4, 0.5) is 0 Å². The molecule has 6 nitrogen and oxygen atoms in total. The number of nitrogens with zero attached hydrogens (tertiary/aromatic N) is 2. The molecular formula is C15H19N3O3S. The third-order valence-electron chi connectivity index (χ3n) is 3.26. The van der Waals surface area contributed by atoms with Gasteiger partial charge in [-0.2, -0.15) is 5.10 Å². The second kappa shape index (κ2) is 6.85. The fourth-order valence-corrected chi connectivity index (χ4v) is 3.01. The minimum absolute atomic E-state index is 0.105. The number of aryl methyl sites for hydroxylation is 2. The molecule has 1 heterocycles. The zero-order valence-electron chi connectivity index (χ0n) is 12.6. The number of benzene rings is 1. The van der Waals surface area contributed by atoms with Gasteiger partial charge in [-0.3, -0.25) is 4.79 Å². The molecule has 1 N–H and O–H groups in total. The van der Waals surface area contributed by atoms with Gasteiger partial charge in [0.2, 0.25) is 10.0 Å². The lowest BCUT2D eigenvalue weighted by Crippen LogP contribution is -2.32. The van der Waals surface area contributed by atoms with E-state index in [1.807, 2.05) is 6.92 Å². The van der Waals surface area contributed by atoms with Crippen molar-refractivity contribution in [1.29, 1.82) is 0 Å². The van der Waals surface area contributed by atoms with Gasteiger partial charge in [0.25, 0.3) is 5.56 Å². The number of nitrogens with one attached hydrogen (secondary N) is 1. The minimum atomic E-state index is -3.57. The Morgan fingerprint density at radius 1 is 1.14 bits per heavy atom. The van der Waals surface area contributed by atoms with Gasteiger partial charge in [0.1, 0.15) is 0 Å². The fraction of sp³-hybridized carbons (Fsp3) is 0.333. The molecule has 0 aliphatic rings. The van der Waals surface area contributed by atoms with E-state index in [4.69, 9.17) is 0 Å². The summed E-state index contributed by atoms with van der Waals surface area (Å²) < 4.78 is 28.0. The SMILES string of the molecule is CCc1ccc(S(=O)(=O)NCCn2nc(C)ccc2=O)cc1. The van der Waals surface area contributed by atoms with E-state index >= 15 is 0 Å². The Hall–Kier alpha value is -1.99. The Morgan fingerprint density at radius 3 is 2.45 bits per heavy atom. The highest BCUT2D eigenvalue weighted by atomic mass is 32.2. The second-order valence-electron chi connectivity index (χ2n) is 4.93. The smallest absolute Gasteiger partial charge is 0.266 e. The van der Waals surface area contributed by atoms with Gasteiger partial charge >= 0.3 is 0 Å². The number of aromatic nitrogens is 2. The molecule has 0 spiro atoms. The van der Waals surface area contributed by atoms with E-state index in [0.717, 1.165) is 12.0 Å². The van der Waals surface area contributed by atoms with Crippen LogP contribution >= 0.6 is 0 Å².